The fourth-order valence-corrected chi connectivity index (χ4v) is 5.73. The molecule has 0 heterocycles. The maximum absolute atomic E-state index is 14.5. The minimum Gasteiger partial charge on any atom is -0.352 e. The van der Waals surface area contributed by atoms with E-state index in [0.29, 0.717) is 0 Å². The molecule has 2 amide bonds. The molecule has 0 aliphatic rings. The molecule has 0 unspecified atom stereocenters. The molecule has 1 atom stereocenters. The molecule has 1 N–H and O–H groups in total. The number of rotatable bonds is 10. The van der Waals surface area contributed by atoms with E-state index in [4.69, 9.17) is 23.2 Å². The van der Waals surface area contributed by atoms with Crippen LogP contribution in [0.4, 0.5) is 10.1 Å². The number of carbonyl (C=O) groups is 2. The van der Waals surface area contributed by atoms with Gasteiger partial charge in [-0.05, 0) is 57.2 Å². The molecular formula is C27H28Cl2FN3O4S. The molecule has 0 bridgehead atoms. The Morgan fingerprint density at radius 1 is 0.947 bits per heavy atom. The monoisotopic (exact) mass is 579 g/mol. The first kappa shape index (κ1) is 29.4. The van der Waals surface area contributed by atoms with Gasteiger partial charge in [-0.15, -0.1) is 0 Å². The highest BCUT2D eigenvalue weighted by molar-refractivity contribution is 7.92. The van der Waals surface area contributed by atoms with E-state index in [9.17, 15) is 22.4 Å². The van der Waals surface area contributed by atoms with Crippen molar-refractivity contribution in [2.75, 3.05) is 10.8 Å². The van der Waals surface area contributed by atoms with Crippen LogP contribution in [0.2, 0.25) is 10.0 Å². The Balaban J connectivity index is 2.07. The van der Waals surface area contributed by atoms with Crippen LogP contribution >= 0.6 is 23.2 Å². The van der Waals surface area contributed by atoms with Crippen LogP contribution in [0.25, 0.3) is 0 Å². The Bertz CT molecular complexity index is 1400. The molecule has 0 fully saturated rings. The lowest BCUT2D eigenvalue weighted by Gasteiger charge is -2.32. The summed E-state index contributed by atoms with van der Waals surface area (Å²) in [6.45, 7) is 4.08. The Kier molecular flexibility index (Phi) is 9.76. The number of nitrogens with zero attached hydrogens (tertiary/aromatic N) is 2. The lowest BCUT2D eigenvalue weighted by atomic mass is 10.1. The average Bonchev–Trinajstić information content (AvgIpc) is 2.86. The SMILES string of the molecule is CC(C)NC(=O)[C@@H](C)N(Cc1ccccc1F)C(=O)CN(c1ccc(Cl)cc1Cl)S(=O)(=O)c1ccccc1. The van der Waals surface area contributed by atoms with Crippen molar-refractivity contribution >= 4 is 50.7 Å². The highest BCUT2D eigenvalue weighted by atomic mass is 35.5. The number of hydrogen-bond donors (Lipinski definition) is 1. The second kappa shape index (κ2) is 12.6. The molecular weight excluding hydrogens is 552 g/mol. The van der Waals surface area contributed by atoms with Crippen LogP contribution in [0.5, 0.6) is 0 Å². The van der Waals surface area contributed by atoms with E-state index in [2.05, 4.69) is 5.32 Å². The molecule has 11 heteroatoms. The molecule has 0 spiro atoms. The maximum Gasteiger partial charge on any atom is 0.264 e. The first-order chi connectivity index (χ1) is 17.9. The summed E-state index contributed by atoms with van der Waals surface area (Å²) < 4.78 is 42.8. The van der Waals surface area contributed by atoms with Gasteiger partial charge in [-0.2, -0.15) is 0 Å². The molecule has 0 aliphatic heterocycles. The molecule has 0 aliphatic carbocycles. The topological polar surface area (TPSA) is 86.8 Å². The van der Waals surface area contributed by atoms with Crippen molar-refractivity contribution in [3.63, 3.8) is 0 Å². The molecule has 3 aromatic carbocycles. The van der Waals surface area contributed by atoms with Gasteiger partial charge in [0.1, 0.15) is 18.4 Å². The lowest BCUT2D eigenvalue weighted by Crippen LogP contribution is -2.52. The third kappa shape index (κ3) is 7.03. The van der Waals surface area contributed by atoms with Crippen LogP contribution < -0.4 is 9.62 Å². The Labute approximate surface area is 232 Å². The Morgan fingerprint density at radius 2 is 1.58 bits per heavy atom. The van der Waals surface area contributed by atoms with Gasteiger partial charge in [0, 0.05) is 23.2 Å². The summed E-state index contributed by atoms with van der Waals surface area (Å²) in [5, 5.41) is 3.03. The number of sulfonamides is 1. The van der Waals surface area contributed by atoms with Crippen LogP contribution in [0.1, 0.15) is 26.3 Å². The van der Waals surface area contributed by atoms with Crippen LogP contribution in [-0.4, -0.2) is 43.8 Å². The number of amides is 2. The molecule has 3 rings (SSSR count). The zero-order chi connectivity index (χ0) is 28.0. The predicted octanol–water partition coefficient (Wildman–Crippen LogP) is 5.27. The molecule has 0 saturated carbocycles. The van der Waals surface area contributed by atoms with E-state index in [1.165, 1.54) is 55.5 Å². The minimum atomic E-state index is -4.28. The van der Waals surface area contributed by atoms with Crippen LogP contribution in [0.3, 0.4) is 0 Å². The normalized spacial score (nSPS) is 12.2. The van der Waals surface area contributed by atoms with E-state index in [-0.39, 0.29) is 38.8 Å². The standard InChI is InChI=1S/C27H28Cl2FN3O4S/c1-18(2)31-27(35)19(3)32(16-20-9-7-8-12-24(20)30)26(34)17-33(25-14-13-21(28)15-23(25)29)38(36,37)22-10-5-4-6-11-22/h4-15,18-19H,16-17H2,1-3H3,(H,31,35)/t19-/m1/s1. The van der Waals surface area contributed by atoms with Gasteiger partial charge in [0.2, 0.25) is 11.8 Å². The number of anilines is 1. The third-order valence-corrected chi connectivity index (χ3v) is 8.00. The van der Waals surface area contributed by atoms with Gasteiger partial charge >= 0.3 is 0 Å². The molecule has 3 aromatic rings. The molecule has 202 valence electrons. The number of hydrogen-bond acceptors (Lipinski definition) is 4. The fraction of sp³-hybridized carbons (Fsp3) is 0.259. The van der Waals surface area contributed by atoms with E-state index in [1.54, 1.807) is 38.1 Å². The summed E-state index contributed by atoms with van der Waals surface area (Å²) in [5.74, 6) is -1.76. The first-order valence-electron chi connectivity index (χ1n) is 11.8. The highest BCUT2D eigenvalue weighted by Crippen LogP contribution is 2.33. The summed E-state index contributed by atoms with van der Waals surface area (Å²) in [6, 6.07) is 16.4. The predicted molar refractivity (Wildman–Crippen MR) is 147 cm³/mol. The molecule has 0 radical (unpaired) electrons. The molecule has 0 saturated heterocycles. The summed E-state index contributed by atoms with van der Waals surface area (Å²) in [4.78, 5) is 27.7. The smallest absolute Gasteiger partial charge is 0.264 e. The van der Waals surface area contributed by atoms with Crippen LogP contribution in [-0.2, 0) is 26.2 Å². The van der Waals surface area contributed by atoms with Gasteiger partial charge in [0.25, 0.3) is 10.0 Å². The zero-order valence-electron chi connectivity index (χ0n) is 21.1. The van der Waals surface area contributed by atoms with E-state index < -0.39 is 40.2 Å². The fourth-order valence-electron chi connectivity index (χ4n) is 3.71. The zero-order valence-corrected chi connectivity index (χ0v) is 23.4. The van der Waals surface area contributed by atoms with Gasteiger partial charge in [0.15, 0.2) is 0 Å². The minimum absolute atomic E-state index is 0.0102. The van der Waals surface area contributed by atoms with Gasteiger partial charge in [-0.3, -0.25) is 13.9 Å². The van der Waals surface area contributed by atoms with Crippen molar-refractivity contribution in [3.8, 4) is 0 Å². The molecule has 7 nitrogen and oxygen atoms in total. The summed E-state index contributed by atoms with van der Waals surface area (Å²) in [6.07, 6.45) is 0. The van der Waals surface area contributed by atoms with E-state index >= 15 is 0 Å². The highest BCUT2D eigenvalue weighted by Gasteiger charge is 2.33. The number of nitrogens with one attached hydrogen (secondary N) is 1. The number of halogens is 3. The van der Waals surface area contributed by atoms with Crippen molar-refractivity contribution in [1.82, 2.24) is 10.2 Å². The summed E-state index contributed by atoms with van der Waals surface area (Å²) >= 11 is 12.4. The van der Waals surface area contributed by atoms with Crippen molar-refractivity contribution in [2.45, 2.75) is 44.3 Å². The third-order valence-electron chi connectivity index (χ3n) is 5.69. The Morgan fingerprint density at radius 3 is 2.18 bits per heavy atom. The van der Waals surface area contributed by atoms with Crippen LogP contribution in [0.15, 0.2) is 77.7 Å². The summed E-state index contributed by atoms with van der Waals surface area (Å²) in [5.41, 5.74) is 0.199. The Hall–Kier alpha value is -3.14. The number of benzene rings is 3. The quantitative estimate of drug-likeness (QED) is 0.354. The number of carbonyl (C=O) groups excluding carboxylic acids is 2. The van der Waals surface area contributed by atoms with Crippen molar-refractivity contribution in [1.29, 1.82) is 0 Å². The van der Waals surface area contributed by atoms with Crippen molar-refractivity contribution in [3.05, 3.63) is 94.2 Å². The van der Waals surface area contributed by atoms with E-state index in [1.807, 2.05) is 0 Å². The maximum atomic E-state index is 14.5. The van der Waals surface area contributed by atoms with E-state index in [0.717, 1.165) is 9.21 Å². The van der Waals surface area contributed by atoms with Gasteiger partial charge in [0.05, 0.1) is 15.6 Å². The van der Waals surface area contributed by atoms with Crippen molar-refractivity contribution < 1.29 is 22.4 Å². The molecule has 0 aromatic heterocycles. The average molecular weight is 581 g/mol. The largest absolute Gasteiger partial charge is 0.352 e. The second-order valence-corrected chi connectivity index (χ2v) is 11.6. The van der Waals surface area contributed by atoms with Crippen molar-refractivity contribution in [2.24, 2.45) is 0 Å². The molecule has 38 heavy (non-hydrogen) atoms. The second-order valence-electron chi connectivity index (χ2n) is 8.87. The summed E-state index contributed by atoms with van der Waals surface area (Å²) in [7, 11) is -4.28. The van der Waals surface area contributed by atoms with Gasteiger partial charge < -0.3 is 10.2 Å². The lowest BCUT2D eigenvalue weighted by molar-refractivity contribution is -0.139. The van der Waals surface area contributed by atoms with Crippen LogP contribution in [0, 0.1) is 5.82 Å². The van der Waals surface area contributed by atoms with Gasteiger partial charge in [-0.25, -0.2) is 12.8 Å². The van der Waals surface area contributed by atoms with Gasteiger partial charge in [-0.1, -0.05) is 59.6 Å². The first-order valence-corrected chi connectivity index (χ1v) is 14.0.